The van der Waals surface area contributed by atoms with Crippen molar-refractivity contribution in [3.05, 3.63) is 11.9 Å². The Kier molecular flexibility index (Phi) is 4.96. The van der Waals surface area contributed by atoms with Gasteiger partial charge in [0.15, 0.2) is 0 Å². The molecular formula is C14H24N4O. The number of hydrogen-bond donors (Lipinski definition) is 1. The molecule has 1 aliphatic rings. The Hall–Kier alpha value is -1.36. The highest BCUT2D eigenvalue weighted by molar-refractivity contribution is 5.42. The van der Waals surface area contributed by atoms with Gasteiger partial charge in [0, 0.05) is 19.2 Å². The summed E-state index contributed by atoms with van der Waals surface area (Å²) in [7, 11) is 2.12. The number of ether oxygens (including phenoxy) is 1. The highest BCUT2D eigenvalue weighted by Crippen LogP contribution is 2.22. The molecule has 2 heterocycles. The van der Waals surface area contributed by atoms with E-state index >= 15 is 0 Å². The van der Waals surface area contributed by atoms with Crippen molar-refractivity contribution < 1.29 is 4.74 Å². The Bertz CT molecular complexity index is 402. The Morgan fingerprint density at radius 2 is 2.21 bits per heavy atom. The molecule has 0 radical (unpaired) electrons. The predicted molar refractivity (Wildman–Crippen MR) is 76.8 cm³/mol. The van der Waals surface area contributed by atoms with Crippen molar-refractivity contribution in [3.8, 4) is 5.88 Å². The van der Waals surface area contributed by atoms with Crippen molar-refractivity contribution in [2.75, 3.05) is 31.6 Å². The average molecular weight is 264 g/mol. The highest BCUT2D eigenvalue weighted by atomic mass is 16.5. The van der Waals surface area contributed by atoms with Gasteiger partial charge in [-0.2, -0.15) is 4.98 Å². The van der Waals surface area contributed by atoms with E-state index in [0.717, 1.165) is 31.2 Å². The van der Waals surface area contributed by atoms with Crippen molar-refractivity contribution in [2.45, 2.75) is 39.2 Å². The Balaban J connectivity index is 2.14. The zero-order chi connectivity index (χ0) is 13.7. The molecule has 0 amide bonds. The van der Waals surface area contributed by atoms with Crippen LogP contribution in [0.1, 0.15) is 32.0 Å². The van der Waals surface area contributed by atoms with Crippen LogP contribution >= 0.6 is 0 Å². The van der Waals surface area contributed by atoms with Crippen molar-refractivity contribution in [1.82, 2.24) is 15.3 Å². The molecule has 0 saturated carbocycles. The molecule has 0 bridgehead atoms. The molecule has 0 aromatic carbocycles. The van der Waals surface area contributed by atoms with Crippen molar-refractivity contribution >= 4 is 5.82 Å². The summed E-state index contributed by atoms with van der Waals surface area (Å²) in [5.74, 6) is 2.39. The minimum atomic E-state index is 0.541. The fourth-order valence-corrected chi connectivity index (χ4v) is 2.50. The van der Waals surface area contributed by atoms with E-state index in [1.54, 1.807) is 0 Å². The molecule has 1 aromatic heterocycles. The number of rotatable bonds is 4. The van der Waals surface area contributed by atoms with Gasteiger partial charge in [-0.3, -0.25) is 0 Å². The molecule has 0 aliphatic carbocycles. The second kappa shape index (κ2) is 6.70. The summed E-state index contributed by atoms with van der Waals surface area (Å²) >= 11 is 0. The first-order chi connectivity index (χ1) is 9.20. The van der Waals surface area contributed by atoms with Gasteiger partial charge in [0.2, 0.25) is 5.88 Å². The van der Waals surface area contributed by atoms with Crippen molar-refractivity contribution in [2.24, 2.45) is 0 Å². The van der Waals surface area contributed by atoms with Crippen LogP contribution in [0.4, 0.5) is 5.82 Å². The van der Waals surface area contributed by atoms with Crippen LogP contribution < -0.4 is 15.0 Å². The van der Waals surface area contributed by atoms with Gasteiger partial charge >= 0.3 is 0 Å². The molecule has 106 valence electrons. The molecule has 1 saturated heterocycles. The maximum Gasteiger partial charge on any atom is 0.218 e. The standard InChI is InChI=1S/C14H24N4O/c1-4-19-14-10-13(16-11(2)17-14)18(3)12-6-5-8-15-9-7-12/h10,12,15H,4-9H2,1-3H3. The van der Waals surface area contributed by atoms with Gasteiger partial charge < -0.3 is 15.0 Å². The van der Waals surface area contributed by atoms with Crippen LogP contribution in [0, 0.1) is 6.92 Å². The second-order valence-corrected chi connectivity index (χ2v) is 4.99. The van der Waals surface area contributed by atoms with Crippen LogP contribution in [0.2, 0.25) is 0 Å². The largest absolute Gasteiger partial charge is 0.478 e. The zero-order valence-electron chi connectivity index (χ0n) is 12.1. The van der Waals surface area contributed by atoms with Gasteiger partial charge in [0.05, 0.1) is 6.61 Å². The molecule has 1 unspecified atom stereocenters. The van der Waals surface area contributed by atoms with E-state index in [9.17, 15) is 0 Å². The monoisotopic (exact) mass is 264 g/mol. The summed E-state index contributed by atoms with van der Waals surface area (Å²) in [6, 6.07) is 2.48. The third-order valence-corrected chi connectivity index (χ3v) is 3.55. The molecule has 2 rings (SSSR count). The van der Waals surface area contributed by atoms with Crippen LogP contribution in [0.3, 0.4) is 0 Å². The van der Waals surface area contributed by atoms with Crippen LogP contribution in [-0.4, -0.2) is 42.8 Å². The summed E-state index contributed by atoms with van der Waals surface area (Å²) in [6.45, 7) is 6.72. The van der Waals surface area contributed by atoms with Crippen LogP contribution in [-0.2, 0) is 0 Å². The summed E-state index contributed by atoms with van der Waals surface area (Å²) in [6.07, 6.45) is 3.58. The molecule has 1 atom stereocenters. The maximum atomic E-state index is 5.50. The van der Waals surface area contributed by atoms with Gasteiger partial charge in [-0.15, -0.1) is 0 Å². The number of anilines is 1. The summed E-state index contributed by atoms with van der Waals surface area (Å²) < 4.78 is 5.50. The fourth-order valence-electron chi connectivity index (χ4n) is 2.50. The third-order valence-electron chi connectivity index (χ3n) is 3.55. The van der Waals surface area contributed by atoms with E-state index in [2.05, 4.69) is 27.2 Å². The van der Waals surface area contributed by atoms with Crippen LogP contribution in [0.15, 0.2) is 6.07 Å². The van der Waals surface area contributed by atoms with Gasteiger partial charge in [0.25, 0.3) is 0 Å². The molecular weight excluding hydrogens is 240 g/mol. The molecule has 1 N–H and O–H groups in total. The van der Waals surface area contributed by atoms with E-state index in [0.29, 0.717) is 18.5 Å². The zero-order valence-corrected chi connectivity index (χ0v) is 12.1. The van der Waals surface area contributed by atoms with E-state index in [1.165, 1.54) is 12.8 Å². The third kappa shape index (κ3) is 3.80. The van der Waals surface area contributed by atoms with Crippen LogP contribution in [0.5, 0.6) is 5.88 Å². The highest BCUT2D eigenvalue weighted by Gasteiger charge is 2.19. The molecule has 0 spiro atoms. The summed E-state index contributed by atoms with van der Waals surface area (Å²) in [5, 5.41) is 3.44. The fraction of sp³-hybridized carbons (Fsp3) is 0.714. The lowest BCUT2D eigenvalue weighted by molar-refractivity contribution is 0.325. The van der Waals surface area contributed by atoms with E-state index in [1.807, 2.05) is 19.9 Å². The molecule has 1 fully saturated rings. The normalized spacial score (nSPS) is 19.8. The van der Waals surface area contributed by atoms with Crippen molar-refractivity contribution in [3.63, 3.8) is 0 Å². The van der Waals surface area contributed by atoms with Gasteiger partial charge in [0.1, 0.15) is 11.6 Å². The van der Waals surface area contributed by atoms with E-state index in [-0.39, 0.29) is 0 Å². The minimum absolute atomic E-state index is 0.541. The topological polar surface area (TPSA) is 50.3 Å². The SMILES string of the molecule is CCOc1cc(N(C)C2CCCNCC2)nc(C)n1. The number of nitrogens with zero attached hydrogens (tertiary/aromatic N) is 3. The van der Waals surface area contributed by atoms with Gasteiger partial charge in [-0.25, -0.2) is 4.98 Å². The Morgan fingerprint density at radius 1 is 1.37 bits per heavy atom. The molecule has 5 heteroatoms. The lowest BCUT2D eigenvalue weighted by Crippen LogP contribution is -2.33. The molecule has 1 aromatic rings. The maximum absolute atomic E-state index is 5.50. The van der Waals surface area contributed by atoms with E-state index in [4.69, 9.17) is 4.74 Å². The lowest BCUT2D eigenvalue weighted by Gasteiger charge is -2.28. The van der Waals surface area contributed by atoms with Crippen LogP contribution in [0.25, 0.3) is 0 Å². The van der Waals surface area contributed by atoms with Gasteiger partial charge in [-0.05, 0) is 46.2 Å². The van der Waals surface area contributed by atoms with E-state index < -0.39 is 0 Å². The smallest absolute Gasteiger partial charge is 0.218 e. The summed E-state index contributed by atoms with van der Waals surface area (Å²) in [4.78, 5) is 11.1. The Morgan fingerprint density at radius 3 is 3.00 bits per heavy atom. The number of nitrogens with one attached hydrogen (secondary N) is 1. The number of hydrogen-bond acceptors (Lipinski definition) is 5. The quantitative estimate of drug-likeness (QED) is 0.898. The first kappa shape index (κ1) is 14.1. The number of aryl methyl sites for hydroxylation is 1. The first-order valence-electron chi connectivity index (χ1n) is 7.12. The van der Waals surface area contributed by atoms with Crippen molar-refractivity contribution in [1.29, 1.82) is 0 Å². The molecule has 5 nitrogen and oxygen atoms in total. The average Bonchev–Trinajstić information content (AvgIpc) is 2.66. The first-order valence-corrected chi connectivity index (χ1v) is 7.12. The number of aromatic nitrogens is 2. The lowest BCUT2D eigenvalue weighted by atomic mass is 10.1. The molecule has 1 aliphatic heterocycles. The minimum Gasteiger partial charge on any atom is -0.478 e. The second-order valence-electron chi connectivity index (χ2n) is 4.99. The molecule has 19 heavy (non-hydrogen) atoms. The summed E-state index contributed by atoms with van der Waals surface area (Å²) in [5.41, 5.74) is 0. The predicted octanol–water partition coefficient (Wildman–Crippen LogP) is 1.76. The van der Waals surface area contributed by atoms with Gasteiger partial charge in [-0.1, -0.05) is 0 Å². The Labute approximate surface area is 115 Å².